The van der Waals surface area contributed by atoms with E-state index in [0.717, 1.165) is 18.4 Å². The zero-order valence-corrected chi connectivity index (χ0v) is 12.4. The maximum atomic E-state index is 6.25. The minimum atomic E-state index is -0.0405. The Kier molecular flexibility index (Phi) is 6.50. The summed E-state index contributed by atoms with van der Waals surface area (Å²) in [5.74, 6) is 1.93. The average Bonchev–Trinajstić information content (AvgIpc) is 2.45. The lowest BCUT2D eigenvalue weighted by Gasteiger charge is -2.19. The summed E-state index contributed by atoms with van der Waals surface area (Å²) in [5, 5.41) is 0. The van der Waals surface area contributed by atoms with Gasteiger partial charge in [0.2, 0.25) is 5.75 Å². The van der Waals surface area contributed by atoms with Crippen molar-refractivity contribution in [2.45, 2.75) is 38.6 Å². The predicted octanol–water partition coefficient (Wildman–Crippen LogP) is 3.29. The molecule has 0 unspecified atom stereocenters. The summed E-state index contributed by atoms with van der Waals surface area (Å²) in [6.45, 7) is 2.18. The third-order valence-corrected chi connectivity index (χ3v) is 3.25. The van der Waals surface area contributed by atoms with Crippen molar-refractivity contribution in [2.24, 2.45) is 5.73 Å². The Morgan fingerprint density at radius 2 is 1.68 bits per heavy atom. The summed E-state index contributed by atoms with van der Waals surface area (Å²) in [6.07, 6.45) is 4.45. The van der Waals surface area contributed by atoms with E-state index in [1.165, 1.54) is 12.8 Å². The van der Waals surface area contributed by atoms with Crippen molar-refractivity contribution in [3.63, 3.8) is 0 Å². The van der Waals surface area contributed by atoms with Gasteiger partial charge in [-0.1, -0.05) is 26.2 Å². The lowest BCUT2D eigenvalue weighted by Crippen LogP contribution is -2.12. The van der Waals surface area contributed by atoms with Gasteiger partial charge in [0.1, 0.15) is 0 Å². The van der Waals surface area contributed by atoms with Crippen LogP contribution >= 0.6 is 0 Å². The fourth-order valence-electron chi connectivity index (χ4n) is 2.19. The van der Waals surface area contributed by atoms with Crippen LogP contribution in [0, 0.1) is 0 Å². The van der Waals surface area contributed by atoms with E-state index in [2.05, 4.69) is 6.92 Å². The topological polar surface area (TPSA) is 53.7 Å². The monoisotopic (exact) mass is 267 g/mol. The number of hydrogen-bond donors (Lipinski definition) is 1. The Morgan fingerprint density at radius 3 is 2.21 bits per heavy atom. The van der Waals surface area contributed by atoms with E-state index in [0.29, 0.717) is 17.2 Å². The fourth-order valence-corrected chi connectivity index (χ4v) is 2.19. The van der Waals surface area contributed by atoms with Gasteiger partial charge < -0.3 is 19.9 Å². The molecule has 2 N–H and O–H groups in total. The van der Waals surface area contributed by atoms with Crippen LogP contribution in [0.25, 0.3) is 0 Å². The SMILES string of the molecule is CCCCC[C@@H](N)c1ccc(OC)c(OC)c1OC. The Hall–Kier alpha value is -1.42. The molecule has 0 saturated heterocycles. The molecule has 0 fully saturated rings. The van der Waals surface area contributed by atoms with Crippen molar-refractivity contribution < 1.29 is 14.2 Å². The summed E-state index contributed by atoms with van der Waals surface area (Å²) in [7, 11) is 4.84. The quantitative estimate of drug-likeness (QED) is 0.734. The van der Waals surface area contributed by atoms with Gasteiger partial charge in [0.25, 0.3) is 0 Å². The molecule has 1 aromatic rings. The number of nitrogens with two attached hydrogens (primary N) is 1. The lowest BCUT2D eigenvalue weighted by atomic mass is 9.99. The zero-order valence-electron chi connectivity index (χ0n) is 12.4. The highest BCUT2D eigenvalue weighted by molar-refractivity contribution is 5.56. The van der Waals surface area contributed by atoms with Crippen molar-refractivity contribution in [3.8, 4) is 17.2 Å². The Morgan fingerprint density at radius 1 is 1.00 bits per heavy atom. The number of benzene rings is 1. The highest BCUT2D eigenvalue weighted by Crippen LogP contribution is 2.42. The van der Waals surface area contributed by atoms with Gasteiger partial charge in [-0.25, -0.2) is 0 Å². The minimum Gasteiger partial charge on any atom is -0.493 e. The number of methoxy groups -OCH3 is 3. The molecule has 4 nitrogen and oxygen atoms in total. The molecule has 0 spiro atoms. The summed E-state index contributed by atoms with van der Waals surface area (Å²) >= 11 is 0. The van der Waals surface area contributed by atoms with Crippen molar-refractivity contribution in [2.75, 3.05) is 21.3 Å². The van der Waals surface area contributed by atoms with Crippen LogP contribution in [0.1, 0.15) is 44.2 Å². The average molecular weight is 267 g/mol. The highest BCUT2D eigenvalue weighted by Gasteiger charge is 2.19. The first-order valence-corrected chi connectivity index (χ1v) is 6.74. The second-order valence-corrected chi connectivity index (χ2v) is 4.53. The third kappa shape index (κ3) is 3.77. The van der Waals surface area contributed by atoms with Crippen molar-refractivity contribution in [3.05, 3.63) is 17.7 Å². The smallest absolute Gasteiger partial charge is 0.203 e. The van der Waals surface area contributed by atoms with Crippen LogP contribution in [-0.2, 0) is 0 Å². The van der Waals surface area contributed by atoms with E-state index in [1.54, 1.807) is 21.3 Å². The van der Waals surface area contributed by atoms with Crippen LogP contribution in [0.4, 0.5) is 0 Å². The van der Waals surface area contributed by atoms with E-state index in [-0.39, 0.29) is 6.04 Å². The largest absolute Gasteiger partial charge is 0.493 e. The first kappa shape index (κ1) is 15.6. The van der Waals surface area contributed by atoms with Crippen LogP contribution in [0.5, 0.6) is 17.2 Å². The maximum Gasteiger partial charge on any atom is 0.203 e. The molecule has 0 heterocycles. The first-order chi connectivity index (χ1) is 9.19. The van der Waals surface area contributed by atoms with Gasteiger partial charge in [-0.3, -0.25) is 0 Å². The molecule has 1 rings (SSSR count). The van der Waals surface area contributed by atoms with Crippen LogP contribution in [0.2, 0.25) is 0 Å². The summed E-state index contributed by atoms with van der Waals surface area (Å²) in [4.78, 5) is 0. The Bertz CT molecular complexity index is 393. The number of unbranched alkanes of at least 4 members (excludes halogenated alkanes) is 2. The van der Waals surface area contributed by atoms with Crippen molar-refractivity contribution in [1.29, 1.82) is 0 Å². The number of ether oxygens (including phenoxy) is 3. The molecule has 0 amide bonds. The van der Waals surface area contributed by atoms with Gasteiger partial charge in [-0.2, -0.15) is 0 Å². The molecule has 4 heteroatoms. The molecular formula is C15H25NO3. The molecule has 0 aliphatic heterocycles. The second-order valence-electron chi connectivity index (χ2n) is 4.53. The van der Waals surface area contributed by atoms with Crippen molar-refractivity contribution in [1.82, 2.24) is 0 Å². The van der Waals surface area contributed by atoms with E-state index in [9.17, 15) is 0 Å². The molecule has 1 atom stereocenters. The zero-order chi connectivity index (χ0) is 14.3. The minimum absolute atomic E-state index is 0.0405. The maximum absolute atomic E-state index is 6.25. The number of rotatable bonds is 8. The van der Waals surface area contributed by atoms with E-state index in [4.69, 9.17) is 19.9 Å². The molecule has 0 aliphatic carbocycles. The molecule has 0 aliphatic rings. The van der Waals surface area contributed by atoms with Gasteiger partial charge in [0, 0.05) is 11.6 Å². The molecule has 0 aromatic heterocycles. The van der Waals surface area contributed by atoms with Crippen LogP contribution < -0.4 is 19.9 Å². The molecular weight excluding hydrogens is 242 g/mol. The molecule has 19 heavy (non-hydrogen) atoms. The van der Waals surface area contributed by atoms with Gasteiger partial charge in [0.05, 0.1) is 21.3 Å². The van der Waals surface area contributed by atoms with Crippen LogP contribution in [0.3, 0.4) is 0 Å². The summed E-state index contributed by atoms with van der Waals surface area (Å²) in [6, 6.07) is 3.79. The van der Waals surface area contributed by atoms with Gasteiger partial charge in [0.15, 0.2) is 11.5 Å². The third-order valence-electron chi connectivity index (χ3n) is 3.25. The Balaban J connectivity index is 2.99. The molecule has 0 saturated carbocycles. The molecule has 0 radical (unpaired) electrons. The molecule has 1 aromatic carbocycles. The summed E-state index contributed by atoms with van der Waals surface area (Å²) in [5.41, 5.74) is 7.22. The standard InChI is InChI=1S/C15H25NO3/c1-5-6-7-8-12(16)11-9-10-13(17-2)15(19-4)14(11)18-3/h9-10,12H,5-8,16H2,1-4H3/t12-/m1/s1. The van der Waals surface area contributed by atoms with Gasteiger partial charge in [-0.15, -0.1) is 0 Å². The Labute approximate surface area is 115 Å². The lowest BCUT2D eigenvalue weighted by molar-refractivity contribution is 0.320. The fraction of sp³-hybridized carbons (Fsp3) is 0.600. The van der Waals surface area contributed by atoms with Gasteiger partial charge >= 0.3 is 0 Å². The van der Waals surface area contributed by atoms with Gasteiger partial charge in [-0.05, 0) is 18.6 Å². The number of hydrogen-bond acceptors (Lipinski definition) is 4. The summed E-state index contributed by atoms with van der Waals surface area (Å²) < 4.78 is 16.1. The van der Waals surface area contributed by atoms with Crippen molar-refractivity contribution >= 4 is 0 Å². The first-order valence-electron chi connectivity index (χ1n) is 6.74. The van der Waals surface area contributed by atoms with E-state index >= 15 is 0 Å². The van der Waals surface area contributed by atoms with E-state index in [1.807, 2.05) is 12.1 Å². The van der Waals surface area contributed by atoms with E-state index < -0.39 is 0 Å². The van der Waals surface area contributed by atoms with Crippen LogP contribution in [0.15, 0.2) is 12.1 Å². The molecule has 0 bridgehead atoms. The molecule has 108 valence electrons. The predicted molar refractivity (Wildman–Crippen MR) is 77.2 cm³/mol. The highest BCUT2D eigenvalue weighted by atomic mass is 16.5. The van der Waals surface area contributed by atoms with Crippen LogP contribution in [-0.4, -0.2) is 21.3 Å². The normalized spacial score (nSPS) is 12.1. The second kappa shape index (κ2) is 7.89.